The Balaban J connectivity index is 3.47. The molecule has 1 aromatic carbocycles. The zero-order chi connectivity index (χ0) is 16.0. The summed E-state index contributed by atoms with van der Waals surface area (Å²) >= 11 is 0. The van der Waals surface area contributed by atoms with Gasteiger partial charge in [-0.1, -0.05) is 18.2 Å². The molecule has 0 saturated carbocycles. The summed E-state index contributed by atoms with van der Waals surface area (Å²) in [7, 11) is 0. The molecule has 6 heteroatoms. The van der Waals surface area contributed by atoms with Crippen molar-refractivity contribution < 1.29 is 29.0 Å². The van der Waals surface area contributed by atoms with E-state index in [2.05, 4.69) is 0 Å². The van der Waals surface area contributed by atoms with Crippen molar-refractivity contribution in [2.75, 3.05) is 13.2 Å². The number of aromatic carboxylic acids is 1. The number of benzene rings is 1. The quantitative estimate of drug-likeness (QED) is 0.635. The van der Waals surface area contributed by atoms with Gasteiger partial charge in [-0.05, 0) is 32.4 Å². The molecule has 0 radical (unpaired) electrons. The molecule has 0 saturated heterocycles. The second-order valence-corrected chi connectivity index (χ2v) is 4.42. The van der Waals surface area contributed by atoms with Crippen LogP contribution in [0.5, 0.6) is 0 Å². The summed E-state index contributed by atoms with van der Waals surface area (Å²) in [5, 5.41) is 9.25. The highest BCUT2D eigenvalue weighted by molar-refractivity contribution is 6.08. The Kier molecular flexibility index (Phi) is 5.46. The number of carboxylic acid groups (broad SMARTS) is 1. The number of hydrogen-bond acceptors (Lipinski definition) is 5. The fraction of sp³-hybridized carbons (Fsp3) is 0.400. The highest BCUT2D eigenvalue weighted by Crippen LogP contribution is 2.30. The highest BCUT2D eigenvalue weighted by atomic mass is 16.6. The van der Waals surface area contributed by atoms with Crippen LogP contribution in [0.25, 0.3) is 0 Å². The molecular formula is C15H18O6. The smallest absolute Gasteiger partial charge is 0.336 e. The zero-order valence-corrected chi connectivity index (χ0v) is 12.2. The van der Waals surface area contributed by atoms with E-state index < -0.39 is 23.3 Å². The Morgan fingerprint density at radius 3 is 1.95 bits per heavy atom. The van der Waals surface area contributed by atoms with Gasteiger partial charge in [-0.25, -0.2) is 4.79 Å². The van der Waals surface area contributed by atoms with Crippen LogP contribution in [0.15, 0.2) is 24.3 Å². The topological polar surface area (TPSA) is 89.9 Å². The summed E-state index contributed by atoms with van der Waals surface area (Å²) in [6, 6.07) is 5.81. The Bertz CT molecular complexity index is 531. The van der Waals surface area contributed by atoms with Gasteiger partial charge in [0.05, 0.1) is 18.8 Å². The van der Waals surface area contributed by atoms with Gasteiger partial charge >= 0.3 is 17.9 Å². The third kappa shape index (κ3) is 3.21. The number of carbonyl (C=O) groups is 3. The Morgan fingerprint density at radius 1 is 1.05 bits per heavy atom. The lowest BCUT2D eigenvalue weighted by atomic mass is 9.79. The van der Waals surface area contributed by atoms with E-state index in [0.29, 0.717) is 0 Å². The fourth-order valence-corrected chi connectivity index (χ4v) is 1.96. The van der Waals surface area contributed by atoms with Gasteiger partial charge in [0.15, 0.2) is 5.41 Å². The number of carboxylic acids is 1. The number of carbonyl (C=O) groups excluding carboxylic acids is 2. The first-order valence-corrected chi connectivity index (χ1v) is 6.56. The number of rotatable bonds is 6. The van der Waals surface area contributed by atoms with Crippen molar-refractivity contribution in [1.82, 2.24) is 0 Å². The van der Waals surface area contributed by atoms with Crippen LogP contribution in [-0.4, -0.2) is 36.2 Å². The lowest BCUT2D eigenvalue weighted by molar-refractivity contribution is -0.163. The monoisotopic (exact) mass is 294 g/mol. The molecule has 0 unspecified atom stereocenters. The molecule has 0 aliphatic rings. The Morgan fingerprint density at radius 2 is 1.52 bits per heavy atom. The molecule has 0 aliphatic carbocycles. The Hall–Kier alpha value is -2.37. The van der Waals surface area contributed by atoms with Crippen LogP contribution in [0.2, 0.25) is 0 Å². The maximum atomic E-state index is 12.2. The summed E-state index contributed by atoms with van der Waals surface area (Å²) in [6.45, 7) is 4.66. The van der Waals surface area contributed by atoms with Gasteiger partial charge in [0.25, 0.3) is 0 Å². The minimum absolute atomic E-state index is 0.0504. The van der Waals surface area contributed by atoms with Gasteiger partial charge in [0, 0.05) is 0 Å². The standard InChI is InChI=1S/C15H18O6/c1-4-20-13(18)15(3,14(19)21-5-2)11-9-7-6-8-10(11)12(16)17/h6-9H,4-5H2,1-3H3,(H,16,17). The van der Waals surface area contributed by atoms with E-state index in [0.717, 1.165) is 0 Å². The van der Waals surface area contributed by atoms with Crippen LogP contribution < -0.4 is 0 Å². The second kappa shape index (κ2) is 6.88. The molecule has 114 valence electrons. The van der Waals surface area contributed by atoms with Gasteiger partial charge in [0.1, 0.15) is 0 Å². The van der Waals surface area contributed by atoms with E-state index in [4.69, 9.17) is 9.47 Å². The normalized spacial score (nSPS) is 10.8. The first-order valence-electron chi connectivity index (χ1n) is 6.56. The van der Waals surface area contributed by atoms with Crippen molar-refractivity contribution in [2.45, 2.75) is 26.2 Å². The SMILES string of the molecule is CCOC(=O)C(C)(C(=O)OCC)c1ccccc1C(=O)O. The molecule has 0 bridgehead atoms. The van der Waals surface area contributed by atoms with E-state index in [9.17, 15) is 19.5 Å². The Labute approximate surface area is 122 Å². The maximum Gasteiger partial charge on any atom is 0.336 e. The van der Waals surface area contributed by atoms with Crippen LogP contribution in [0.1, 0.15) is 36.7 Å². The molecule has 0 fully saturated rings. The number of hydrogen-bond donors (Lipinski definition) is 1. The molecule has 1 rings (SSSR count). The van der Waals surface area contributed by atoms with E-state index in [-0.39, 0.29) is 24.3 Å². The van der Waals surface area contributed by atoms with E-state index in [1.165, 1.54) is 25.1 Å². The molecule has 0 amide bonds. The third-order valence-electron chi connectivity index (χ3n) is 3.06. The summed E-state index contributed by atoms with van der Waals surface area (Å²) < 4.78 is 9.86. The molecule has 6 nitrogen and oxygen atoms in total. The van der Waals surface area contributed by atoms with Crippen molar-refractivity contribution in [2.24, 2.45) is 0 Å². The minimum atomic E-state index is -1.82. The van der Waals surface area contributed by atoms with Gasteiger partial charge in [-0.2, -0.15) is 0 Å². The third-order valence-corrected chi connectivity index (χ3v) is 3.06. The van der Waals surface area contributed by atoms with Crippen molar-refractivity contribution in [3.05, 3.63) is 35.4 Å². The zero-order valence-electron chi connectivity index (χ0n) is 12.2. The molecule has 0 spiro atoms. The predicted molar refractivity (Wildman–Crippen MR) is 74.0 cm³/mol. The van der Waals surface area contributed by atoms with Crippen LogP contribution in [0.4, 0.5) is 0 Å². The van der Waals surface area contributed by atoms with E-state index >= 15 is 0 Å². The van der Waals surface area contributed by atoms with Crippen LogP contribution in [0.3, 0.4) is 0 Å². The van der Waals surface area contributed by atoms with Crippen molar-refractivity contribution >= 4 is 17.9 Å². The van der Waals surface area contributed by atoms with Gasteiger partial charge in [0.2, 0.25) is 0 Å². The largest absolute Gasteiger partial charge is 0.478 e. The average Bonchev–Trinajstić information content (AvgIpc) is 2.46. The summed E-state index contributed by atoms with van der Waals surface area (Å²) in [4.78, 5) is 35.8. The average molecular weight is 294 g/mol. The molecule has 1 aromatic rings. The first-order chi connectivity index (χ1) is 9.89. The predicted octanol–water partition coefficient (Wildman–Crippen LogP) is 1.77. The maximum absolute atomic E-state index is 12.2. The lowest BCUT2D eigenvalue weighted by Crippen LogP contribution is -2.44. The van der Waals surface area contributed by atoms with Gasteiger partial charge in [-0.3, -0.25) is 9.59 Å². The van der Waals surface area contributed by atoms with Crippen LogP contribution >= 0.6 is 0 Å². The summed E-state index contributed by atoms with van der Waals surface area (Å²) in [5.74, 6) is -2.90. The van der Waals surface area contributed by atoms with Crippen LogP contribution in [0, 0.1) is 0 Å². The van der Waals surface area contributed by atoms with Crippen LogP contribution in [-0.2, 0) is 24.5 Å². The molecule has 0 heterocycles. The molecule has 0 atom stereocenters. The fourth-order valence-electron chi connectivity index (χ4n) is 1.96. The molecule has 1 N–H and O–H groups in total. The highest BCUT2D eigenvalue weighted by Gasteiger charge is 2.48. The number of esters is 2. The molecule has 21 heavy (non-hydrogen) atoms. The molecule has 0 aromatic heterocycles. The van der Waals surface area contributed by atoms with E-state index in [1.807, 2.05) is 0 Å². The van der Waals surface area contributed by atoms with Crippen molar-refractivity contribution in [1.29, 1.82) is 0 Å². The van der Waals surface area contributed by atoms with Gasteiger partial charge < -0.3 is 14.6 Å². The van der Waals surface area contributed by atoms with Gasteiger partial charge in [-0.15, -0.1) is 0 Å². The van der Waals surface area contributed by atoms with E-state index in [1.54, 1.807) is 19.9 Å². The summed E-state index contributed by atoms with van der Waals surface area (Å²) in [6.07, 6.45) is 0. The second-order valence-electron chi connectivity index (χ2n) is 4.42. The first kappa shape index (κ1) is 16.7. The summed E-state index contributed by atoms with van der Waals surface area (Å²) in [5.41, 5.74) is -1.91. The molecule has 0 aliphatic heterocycles. The van der Waals surface area contributed by atoms with Crippen molar-refractivity contribution in [3.63, 3.8) is 0 Å². The van der Waals surface area contributed by atoms with Crippen molar-refractivity contribution in [3.8, 4) is 0 Å². The lowest BCUT2D eigenvalue weighted by Gasteiger charge is -2.26. The molecular weight excluding hydrogens is 276 g/mol. The number of ether oxygens (including phenoxy) is 2. The minimum Gasteiger partial charge on any atom is -0.478 e.